The van der Waals surface area contributed by atoms with Crippen molar-refractivity contribution in [3.8, 4) is 22.9 Å². The van der Waals surface area contributed by atoms with Crippen LogP contribution in [0, 0.1) is 17.1 Å². The Bertz CT molecular complexity index is 701. The molecular formula is C14H7F4NO. The number of halogens is 4. The first-order valence-electron chi connectivity index (χ1n) is 5.43. The van der Waals surface area contributed by atoms with E-state index in [9.17, 15) is 22.7 Å². The van der Waals surface area contributed by atoms with Crippen LogP contribution in [0.15, 0.2) is 36.4 Å². The molecule has 0 atom stereocenters. The smallest absolute Gasteiger partial charge is 0.419 e. The highest BCUT2D eigenvalue weighted by atomic mass is 19.4. The number of nitrogens with zero attached hydrogens (tertiary/aromatic N) is 1. The van der Waals surface area contributed by atoms with Gasteiger partial charge >= 0.3 is 6.18 Å². The van der Waals surface area contributed by atoms with Gasteiger partial charge in [0.1, 0.15) is 11.6 Å². The molecule has 0 aliphatic rings. The van der Waals surface area contributed by atoms with E-state index in [1.54, 1.807) is 6.07 Å². The summed E-state index contributed by atoms with van der Waals surface area (Å²) >= 11 is 0. The molecule has 0 saturated heterocycles. The van der Waals surface area contributed by atoms with Crippen molar-refractivity contribution in [3.05, 3.63) is 53.3 Å². The highest BCUT2D eigenvalue weighted by molar-refractivity contribution is 5.68. The molecule has 2 rings (SSSR count). The molecule has 0 unspecified atom stereocenters. The summed E-state index contributed by atoms with van der Waals surface area (Å²) in [6.45, 7) is 0. The summed E-state index contributed by atoms with van der Waals surface area (Å²) in [7, 11) is 0. The molecule has 20 heavy (non-hydrogen) atoms. The third kappa shape index (κ3) is 2.57. The first-order chi connectivity index (χ1) is 9.32. The zero-order valence-electron chi connectivity index (χ0n) is 9.87. The molecule has 0 aliphatic heterocycles. The Morgan fingerprint density at radius 2 is 1.80 bits per heavy atom. The summed E-state index contributed by atoms with van der Waals surface area (Å²) in [5.74, 6) is -1.76. The maximum atomic E-state index is 13.9. The topological polar surface area (TPSA) is 44.0 Å². The predicted molar refractivity (Wildman–Crippen MR) is 63.2 cm³/mol. The molecule has 1 N–H and O–H groups in total. The van der Waals surface area contributed by atoms with Crippen molar-refractivity contribution in [2.75, 3.05) is 0 Å². The molecule has 0 heterocycles. The van der Waals surface area contributed by atoms with Crippen molar-refractivity contribution in [2.45, 2.75) is 6.18 Å². The van der Waals surface area contributed by atoms with Gasteiger partial charge in [-0.1, -0.05) is 12.1 Å². The van der Waals surface area contributed by atoms with E-state index in [4.69, 9.17) is 5.26 Å². The molecule has 0 radical (unpaired) electrons. The second-order valence-corrected chi connectivity index (χ2v) is 4.05. The lowest BCUT2D eigenvalue weighted by Gasteiger charge is -2.11. The van der Waals surface area contributed by atoms with Gasteiger partial charge in [0, 0.05) is 5.56 Å². The van der Waals surface area contributed by atoms with Crippen molar-refractivity contribution in [2.24, 2.45) is 0 Å². The first-order valence-corrected chi connectivity index (χ1v) is 5.43. The fourth-order valence-electron chi connectivity index (χ4n) is 1.81. The summed E-state index contributed by atoms with van der Waals surface area (Å²) in [6.07, 6.45) is -4.81. The van der Waals surface area contributed by atoms with E-state index in [0.717, 1.165) is 24.3 Å². The van der Waals surface area contributed by atoms with Gasteiger partial charge in [0.05, 0.1) is 17.2 Å². The highest BCUT2D eigenvalue weighted by Gasteiger charge is 2.34. The minimum Gasteiger partial charge on any atom is -0.508 e. The van der Waals surface area contributed by atoms with Gasteiger partial charge in [-0.2, -0.15) is 18.4 Å². The maximum Gasteiger partial charge on any atom is 0.419 e. The molecular weight excluding hydrogens is 274 g/mol. The minimum atomic E-state index is -4.81. The van der Waals surface area contributed by atoms with E-state index in [1.165, 1.54) is 6.07 Å². The highest BCUT2D eigenvalue weighted by Crippen LogP contribution is 2.36. The first kappa shape index (κ1) is 13.9. The maximum absolute atomic E-state index is 13.9. The van der Waals surface area contributed by atoms with Crippen LogP contribution >= 0.6 is 0 Å². The average molecular weight is 281 g/mol. The van der Waals surface area contributed by atoms with E-state index >= 15 is 0 Å². The second kappa shape index (κ2) is 4.85. The van der Waals surface area contributed by atoms with E-state index in [-0.39, 0.29) is 22.4 Å². The van der Waals surface area contributed by atoms with Gasteiger partial charge in [0.25, 0.3) is 0 Å². The summed E-state index contributed by atoms with van der Waals surface area (Å²) in [5, 5.41) is 18.2. The van der Waals surface area contributed by atoms with Crippen LogP contribution in [0.25, 0.3) is 11.1 Å². The molecule has 0 aliphatic carbocycles. The van der Waals surface area contributed by atoms with Crippen molar-refractivity contribution in [1.82, 2.24) is 0 Å². The van der Waals surface area contributed by atoms with Crippen molar-refractivity contribution in [3.63, 3.8) is 0 Å². The molecule has 0 aromatic heterocycles. The van der Waals surface area contributed by atoms with Gasteiger partial charge in [-0.05, 0) is 29.8 Å². The lowest BCUT2D eigenvalue weighted by molar-refractivity contribution is -0.139. The van der Waals surface area contributed by atoms with Crippen LogP contribution in [0.4, 0.5) is 17.6 Å². The predicted octanol–water partition coefficient (Wildman–Crippen LogP) is 4.09. The standard InChI is InChI=1S/C14H7F4NO/c15-13-11(2-1-3-12(13)14(16,17)18)9-4-8(7-19)5-10(20)6-9/h1-6,20H. The fourth-order valence-corrected chi connectivity index (χ4v) is 1.81. The second-order valence-electron chi connectivity index (χ2n) is 4.05. The van der Waals surface area contributed by atoms with Crippen molar-refractivity contribution < 1.29 is 22.7 Å². The number of hydrogen-bond donors (Lipinski definition) is 1. The number of aromatic hydroxyl groups is 1. The summed E-state index contributed by atoms with van der Waals surface area (Å²) in [6, 6.07) is 8.03. The average Bonchev–Trinajstić information content (AvgIpc) is 2.36. The summed E-state index contributed by atoms with van der Waals surface area (Å²) in [5.41, 5.74) is -1.69. The Balaban J connectivity index is 2.66. The summed E-state index contributed by atoms with van der Waals surface area (Å²) < 4.78 is 51.8. The zero-order valence-corrected chi connectivity index (χ0v) is 9.87. The number of benzene rings is 2. The van der Waals surface area contributed by atoms with Crippen LogP contribution in [0.3, 0.4) is 0 Å². The van der Waals surface area contributed by atoms with Gasteiger partial charge in [0.15, 0.2) is 0 Å². The molecule has 0 spiro atoms. The Morgan fingerprint density at radius 1 is 1.10 bits per heavy atom. The molecule has 2 aromatic rings. The van der Waals surface area contributed by atoms with Gasteiger partial charge < -0.3 is 5.11 Å². The molecule has 0 amide bonds. The van der Waals surface area contributed by atoms with Crippen LogP contribution < -0.4 is 0 Å². The number of alkyl halides is 3. The largest absolute Gasteiger partial charge is 0.508 e. The molecule has 0 bridgehead atoms. The number of phenolic OH excluding ortho intramolecular Hbond substituents is 1. The minimum absolute atomic E-state index is 0.00477. The van der Waals surface area contributed by atoms with Crippen LogP contribution in [-0.4, -0.2) is 5.11 Å². The van der Waals surface area contributed by atoms with E-state index in [0.29, 0.717) is 6.07 Å². The Kier molecular flexibility index (Phi) is 3.36. The quantitative estimate of drug-likeness (QED) is 0.800. The molecule has 2 nitrogen and oxygen atoms in total. The molecule has 0 fully saturated rings. The molecule has 102 valence electrons. The monoisotopic (exact) mass is 281 g/mol. The van der Waals surface area contributed by atoms with Crippen LogP contribution in [-0.2, 0) is 6.18 Å². The number of phenols is 1. The normalized spacial score (nSPS) is 11.2. The molecule has 6 heteroatoms. The van der Waals surface area contributed by atoms with Gasteiger partial charge in [-0.25, -0.2) is 4.39 Å². The van der Waals surface area contributed by atoms with Crippen LogP contribution in [0.1, 0.15) is 11.1 Å². The Labute approximate surface area is 111 Å². The van der Waals surface area contributed by atoms with Gasteiger partial charge in [-0.3, -0.25) is 0 Å². The third-order valence-electron chi connectivity index (χ3n) is 2.66. The molecule has 2 aromatic carbocycles. The van der Waals surface area contributed by atoms with Crippen molar-refractivity contribution >= 4 is 0 Å². The number of hydrogen-bond acceptors (Lipinski definition) is 2. The lowest BCUT2D eigenvalue weighted by Crippen LogP contribution is -2.08. The Hall–Kier alpha value is -2.55. The fraction of sp³-hybridized carbons (Fsp3) is 0.0714. The summed E-state index contributed by atoms with van der Waals surface area (Å²) in [4.78, 5) is 0. The van der Waals surface area contributed by atoms with Crippen LogP contribution in [0.5, 0.6) is 5.75 Å². The number of nitriles is 1. The Morgan fingerprint density at radius 3 is 2.40 bits per heavy atom. The van der Waals surface area contributed by atoms with Gasteiger partial charge in [-0.15, -0.1) is 0 Å². The SMILES string of the molecule is N#Cc1cc(O)cc(-c2cccc(C(F)(F)F)c2F)c1. The zero-order chi connectivity index (χ0) is 14.9. The third-order valence-corrected chi connectivity index (χ3v) is 2.66. The van der Waals surface area contributed by atoms with E-state index in [2.05, 4.69) is 0 Å². The van der Waals surface area contributed by atoms with Gasteiger partial charge in [0.2, 0.25) is 0 Å². The van der Waals surface area contributed by atoms with Crippen LogP contribution in [0.2, 0.25) is 0 Å². The van der Waals surface area contributed by atoms with Crippen molar-refractivity contribution in [1.29, 1.82) is 5.26 Å². The lowest BCUT2D eigenvalue weighted by atomic mass is 10.00. The van der Waals surface area contributed by atoms with E-state index in [1.807, 2.05) is 0 Å². The number of rotatable bonds is 1. The molecule has 0 saturated carbocycles. The van der Waals surface area contributed by atoms with E-state index < -0.39 is 17.6 Å².